The van der Waals surface area contributed by atoms with Gasteiger partial charge in [0.05, 0.1) is 6.61 Å². The van der Waals surface area contributed by atoms with Crippen molar-refractivity contribution in [3.63, 3.8) is 0 Å². The fourth-order valence-corrected chi connectivity index (χ4v) is 2.58. The molecule has 0 aliphatic heterocycles. The predicted octanol–water partition coefficient (Wildman–Crippen LogP) is 2.30. The Morgan fingerprint density at radius 1 is 1.25 bits per heavy atom. The number of aryl methyl sites for hydroxylation is 1. The van der Waals surface area contributed by atoms with E-state index in [1.54, 1.807) is 0 Å². The second kappa shape index (κ2) is 8.22. The molecule has 1 atom stereocenters. The number of likely N-dealkylation sites (N-methyl/N-ethyl adjacent to an activating group) is 2. The lowest BCUT2D eigenvalue weighted by atomic mass is 10.1. The third-order valence-electron chi connectivity index (χ3n) is 3.41. The maximum Gasteiger partial charge on any atom is 0.129 e. The lowest BCUT2D eigenvalue weighted by Gasteiger charge is -2.31. The number of nitrogens with zero attached hydrogens (tertiary/aromatic N) is 3. The molecule has 114 valence electrons. The van der Waals surface area contributed by atoms with Gasteiger partial charge in [0.2, 0.25) is 0 Å². The van der Waals surface area contributed by atoms with Crippen LogP contribution in [0.3, 0.4) is 0 Å². The summed E-state index contributed by atoms with van der Waals surface area (Å²) < 4.78 is 0. The Hall–Kier alpha value is -1.13. The quantitative estimate of drug-likeness (QED) is 0.792. The Morgan fingerprint density at radius 2 is 1.95 bits per heavy atom. The number of aliphatic hydroxyl groups is 1. The number of aliphatic hydroxyl groups excluding tert-OH is 1. The van der Waals surface area contributed by atoms with Crippen molar-refractivity contribution < 1.29 is 5.11 Å². The van der Waals surface area contributed by atoms with E-state index in [1.165, 1.54) is 0 Å². The highest BCUT2D eigenvalue weighted by molar-refractivity contribution is 5.43. The topological polar surface area (TPSA) is 39.6 Å². The molecule has 0 saturated carbocycles. The zero-order chi connectivity index (χ0) is 15.1. The van der Waals surface area contributed by atoms with Crippen molar-refractivity contribution in [3.8, 4) is 0 Å². The molecule has 0 radical (unpaired) electrons. The summed E-state index contributed by atoms with van der Waals surface area (Å²) in [7, 11) is 4.18. The normalized spacial score (nSPS) is 12.8. The third kappa shape index (κ3) is 4.76. The minimum absolute atomic E-state index is 0.0752. The first-order chi connectivity index (χ1) is 9.51. The van der Waals surface area contributed by atoms with Gasteiger partial charge >= 0.3 is 0 Å². The van der Waals surface area contributed by atoms with Crippen molar-refractivity contribution >= 4 is 5.82 Å². The van der Waals surface area contributed by atoms with Gasteiger partial charge in [0.1, 0.15) is 5.82 Å². The van der Waals surface area contributed by atoms with Gasteiger partial charge in [-0.1, -0.05) is 13.3 Å². The summed E-state index contributed by atoms with van der Waals surface area (Å²) in [5, 5.41) is 9.44. The van der Waals surface area contributed by atoms with E-state index in [2.05, 4.69) is 44.7 Å². The molecule has 1 rings (SSSR count). The summed E-state index contributed by atoms with van der Waals surface area (Å²) in [6, 6.07) is 4.41. The molecule has 0 amide bonds. The Balaban J connectivity index is 3.03. The van der Waals surface area contributed by atoms with Crippen molar-refractivity contribution in [3.05, 3.63) is 23.4 Å². The molecule has 0 aliphatic rings. The van der Waals surface area contributed by atoms with Gasteiger partial charge in [-0.2, -0.15) is 0 Å². The summed E-state index contributed by atoms with van der Waals surface area (Å²) in [5.41, 5.74) is 2.03. The Labute approximate surface area is 123 Å². The van der Waals surface area contributed by atoms with Gasteiger partial charge in [0, 0.05) is 24.8 Å². The fraction of sp³-hybridized carbons (Fsp3) is 0.688. The molecule has 1 N–H and O–H groups in total. The van der Waals surface area contributed by atoms with Crippen LogP contribution in [-0.2, 0) is 13.0 Å². The molecule has 1 heterocycles. The zero-order valence-electron chi connectivity index (χ0n) is 13.6. The molecular weight excluding hydrogens is 250 g/mol. The van der Waals surface area contributed by atoms with Gasteiger partial charge in [-0.05, 0) is 52.1 Å². The zero-order valence-corrected chi connectivity index (χ0v) is 13.6. The maximum atomic E-state index is 9.44. The largest absolute Gasteiger partial charge is 0.392 e. The van der Waals surface area contributed by atoms with Crippen LogP contribution in [0.1, 0.15) is 38.4 Å². The summed E-state index contributed by atoms with van der Waals surface area (Å²) in [5.74, 6) is 0.983. The molecule has 0 spiro atoms. The number of pyridine rings is 1. The van der Waals surface area contributed by atoms with Crippen LogP contribution in [0, 0.1) is 0 Å². The minimum atomic E-state index is 0.0752. The molecule has 1 aromatic rings. The van der Waals surface area contributed by atoms with Crippen molar-refractivity contribution in [2.75, 3.05) is 32.1 Å². The molecule has 4 nitrogen and oxygen atoms in total. The smallest absolute Gasteiger partial charge is 0.129 e. The molecule has 0 aliphatic carbocycles. The van der Waals surface area contributed by atoms with Crippen molar-refractivity contribution in [2.45, 2.75) is 46.3 Å². The Morgan fingerprint density at radius 3 is 2.45 bits per heavy atom. The predicted molar refractivity (Wildman–Crippen MR) is 85.2 cm³/mol. The second-order valence-corrected chi connectivity index (χ2v) is 5.63. The lowest BCUT2D eigenvalue weighted by Crippen LogP contribution is -2.40. The molecule has 20 heavy (non-hydrogen) atoms. The monoisotopic (exact) mass is 279 g/mol. The van der Waals surface area contributed by atoms with Crippen LogP contribution in [0.4, 0.5) is 5.82 Å². The summed E-state index contributed by atoms with van der Waals surface area (Å²) >= 11 is 0. The summed E-state index contributed by atoms with van der Waals surface area (Å²) in [6.45, 7) is 8.50. The van der Waals surface area contributed by atoms with Crippen LogP contribution in [0.25, 0.3) is 0 Å². The van der Waals surface area contributed by atoms with E-state index in [9.17, 15) is 5.11 Å². The molecule has 0 saturated heterocycles. The Bertz CT molecular complexity index is 407. The SMILES string of the molecule is CCCc1cc(CO)cc(N(CC)C(C)CN(C)C)n1. The first kappa shape index (κ1) is 16.9. The number of anilines is 1. The van der Waals surface area contributed by atoms with Crippen LogP contribution >= 0.6 is 0 Å². The standard InChI is InChI=1S/C16H29N3O/c1-6-8-15-9-14(12-20)10-16(17-15)19(7-2)13(3)11-18(4)5/h9-10,13,20H,6-8,11-12H2,1-5H3. The fourth-order valence-electron chi connectivity index (χ4n) is 2.58. The van der Waals surface area contributed by atoms with Crippen molar-refractivity contribution in [1.82, 2.24) is 9.88 Å². The Kier molecular flexibility index (Phi) is 6.96. The van der Waals surface area contributed by atoms with Crippen LogP contribution in [0.2, 0.25) is 0 Å². The molecule has 1 unspecified atom stereocenters. The summed E-state index contributed by atoms with van der Waals surface area (Å²) in [4.78, 5) is 9.26. The van der Waals surface area contributed by atoms with Crippen LogP contribution < -0.4 is 4.90 Å². The van der Waals surface area contributed by atoms with E-state index in [1.807, 2.05) is 12.1 Å². The van der Waals surface area contributed by atoms with Crippen molar-refractivity contribution in [2.24, 2.45) is 0 Å². The van der Waals surface area contributed by atoms with Gasteiger partial charge in [0.25, 0.3) is 0 Å². The van der Waals surface area contributed by atoms with Crippen LogP contribution in [-0.4, -0.2) is 48.2 Å². The molecular formula is C16H29N3O. The molecule has 1 aromatic heterocycles. The van der Waals surface area contributed by atoms with E-state index in [0.29, 0.717) is 6.04 Å². The first-order valence-corrected chi connectivity index (χ1v) is 7.53. The van der Waals surface area contributed by atoms with Gasteiger partial charge in [0.15, 0.2) is 0 Å². The van der Waals surface area contributed by atoms with E-state index in [4.69, 9.17) is 4.98 Å². The van der Waals surface area contributed by atoms with E-state index < -0.39 is 0 Å². The maximum absolute atomic E-state index is 9.44. The minimum Gasteiger partial charge on any atom is -0.392 e. The van der Waals surface area contributed by atoms with Gasteiger partial charge in [-0.25, -0.2) is 4.98 Å². The van der Waals surface area contributed by atoms with Crippen LogP contribution in [0.5, 0.6) is 0 Å². The number of aromatic nitrogens is 1. The van der Waals surface area contributed by atoms with E-state index in [0.717, 1.165) is 43.0 Å². The molecule has 0 aromatic carbocycles. The number of hydrogen-bond donors (Lipinski definition) is 1. The average molecular weight is 279 g/mol. The van der Waals surface area contributed by atoms with Crippen molar-refractivity contribution in [1.29, 1.82) is 0 Å². The lowest BCUT2D eigenvalue weighted by molar-refractivity contribution is 0.281. The number of hydrogen-bond acceptors (Lipinski definition) is 4. The van der Waals surface area contributed by atoms with Gasteiger partial charge in [-0.15, -0.1) is 0 Å². The summed E-state index contributed by atoms with van der Waals surface area (Å²) in [6.07, 6.45) is 2.03. The highest BCUT2D eigenvalue weighted by Gasteiger charge is 2.16. The average Bonchev–Trinajstić information content (AvgIpc) is 2.38. The third-order valence-corrected chi connectivity index (χ3v) is 3.41. The highest BCUT2D eigenvalue weighted by Crippen LogP contribution is 2.19. The first-order valence-electron chi connectivity index (χ1n) is 7.53. The highest BCUT2D eigenvalue weighted by atomic mass is 16.3. The number of rotatable bonds is 8. The molecule has 0 bridgehead atoms. The molecule has 0 fully saturated rings. The van der Waals surface area contributed by atoms with Gasteiger partial charge in [-0.3, -0.25) is 0 Å². The molecule has 4 heteroatoms. The van der Waals surface area contributed by atoms with Gasteiger partial charge < -0.3 is 14.9 Å². The van der Waals surface area contributed by atoms with E-state index >= 15 is 0 Å². The van der Waals surface area contributed by atoms with E-state index in [-0.39, 0.29) is 6.61 Å². The second-order valence-electron chi connectivity index (χ2n) is 5.63. The van der Waals surface area contributed by atoms with Crippen LogP contribution in [0.15, 0.2) is 12.1 Å².